The largest absolute Gasteiger partial charge is 0.491 e. The first-order chi connectivity index (χ1) is 6.65. The molecule has 0 atom stereocenters. The van der Waals surface area contributed by atoms with Crippen LogP contribution in [0.5, 0.6) is 5.75 Å². The van der Waals surface area contributed by atoms with Gasteiger partial charge in [0.1, 0.15) is 11.4 Å². The Morgan fingerprint density at radius 2 is 2.21 bits per heavy atom. The molecule has 0 fully saturated rings. The zero-order valence-electron chi connectivity index (χ0n) is 8.02. The van der Waals surface area contributed by atoms with Gasteiger partial charge in [-0.25, -0.2) is 4.39 Å². The highest BCUT2D eigenvalue weighted by atomic mass is 79.9. The molecule has 78 valence electrons. The van der Waals surface area contributed by atoms with Gasteiger partial charge < -0.3 is 10.5 Å². The van der Waals surface area contributed by atoms with E-state index in [0.717, 1.165) is 12.8 Å². The molecule has 0 radical (unpaired) electrons. The zero-order chi connectivity index (χ0) is 10.6. The van der Waals surface area contributed by atoms with Crippen molar-refractivity contribution in [3.8, 4) is 5.75 Å². The van der Waals surface area contributed by atoms with Crippen LogP contribution < -0.4 is 10.5 Å². The molecule has 2 nitrogen and oxygen atoms in total. The Morgan fingerprint density at radius 1 is 1.50 bits per heavy atom. The van der Waals surface area contributed by atoms with Crippen LogP contribution in [-0.4, -0.2) is 6.61 Å². The van der Waals surface area contributed by atoms with Crippen LogP contribution in [0.2, 0.25) is 0 Å². The number of halogens is 2. The van der Waals surface area contributed by atoms with E-state index in [9.17, 15) is 4.39 Å². The number of ether oxygens (including phenoxy) is 1. The molecule has 1 rings (SSSR count). The molecule has 0 spiro atoms. The maximum atomic E-state index is 13.1. The molecule has 4 heteroatoms. The summed E-state index contributed by atoms with van der Waals surface area (Å²) in [7, 11) is 0. The molecule has 0 saturated heterocycles. The summed E-state index contributed by atoms with van der Waals surface area (Å²) in [5, 5.41) is 0. The summed E-state index contributed by atoms with van der Waals surface area (Å²) in [5.74, 6) is -0.0452. The molecule has 0 unspecified atom stereocenters. The average Bonchev–Trinajstić information content (AvgIpc) is 2.13. The third-order valence-electron chi connectivity index (χ3n) is 1.81. The Balaban J connectivity index is 2.75. The predicted molar refractivity (Wildman–Crippen MR) is 58.9 cm³/mol. The molecule has 14 heavy (non-hydrogen) atoms. The van der Waals surface area contributed by atoms with Crippen molar-refractivity contribution in [1.29, 1.82) is 0 Å². The first kappa shape index (κ1) is 11.3. The second kappa shape index (κ2) is 5.20. The summed E-state index contributed by atoms with van der Waals surface area (Å²) in [5.41, 5.74) is 5.59. The maximum absolute atomic E-state index is 13.1. The van der Waals surface area contributed by atoms with Crippen molar-refractivity contribution in [3.63, 3.8) is 0 Å². The molecule has 1 aromatic carbocycles. The highest BCUT2D eigenvalue weighted by molar-refractivity contribution is 9.10. The van der Waals surface area contributed by atoms with Crippen molar-refractivity contribution >= 4 is 21.6 Å². The lowest BCUT2D eigenvalue weighted by molar-refractivity contribution is 0.309. The fourth-order valence-electron chi connectivity index (χ4n) is 1.01. The summed E-state index contributed by atoms with van der Waals surface area (Å²) in [6, 6.07) is 3.00. The minimum atomic E-state index is -0.453. The van der Waals surface area contributed by atoms with Crippen LogP contribution in [0.1, 0.15) is 19.8 Å². The van der Waals surface area contributed by atoms with Crippen molar-refractivity contribution in [2.75, 3.05) is 12.3 Å². The Hall–Kier alpha value is -0.770. The van der Waals surface area contributed by atoms with Crippen LogP contribution in [0.3, 0.4) is 0 Å². The van der Waals surface area contributed by atoms with E-state index < -0.39 is 5.82 Å². The summed E-state index contributed by atoms with van der Waals surface area (Å²) in [4.78, 5) is 0. The number of anilines is 1. The molecule has 0 aliphatic carbocycles. The standard InChI is InChI=1S/C10H13BrFNO/c1-2-3-4-14-9-6-7(11)5-8(12)10(9)13/h5-6H,2-4,13H2,1H3. The van der Waals surface area contributed by atoms with Crippen LogP contribution in [0.15, 0.2) is 16.6 Å². The van der Waals surface area contributed by atoms with E-state index in [1.807, 2.05) is 0 Å². The summed E-state index contributed by atoms with van der Waals surface area (Å²) in [6.45, 7) is 2.63. The van der Waals surface area contributed by atoms with Crippen molar-refractivity contribution in [1.82, 2.24) is 0 Å². The van der Waals surface area contributed by atoms with Gasteiger partial charge in [-0.2, -0.15) is 0 Å². The van der Waals surface area contributed by atoms with Crippen molar-refractivity contribution in [2.24, 2.45) is 0 Å². The number of hydrogen-bond donors (Lipinski definition) is 1. The second-order valence-corrected chi connectivity index (χ2v) is 3.92. The lowest BCUT2D eigenvalue weighted by Crippen LogP contribution is -2.01. The van der Waals surface area contributed by atoms with Gasteiger partial charge in [0.05, 0.1) is 6.61 Å². The smallest absolute Gasteiger partial charge is 0.151 e. The van der Waals surface area contributed by atoms with Gasteiger partial charge in [0.15, 0.2) is 5.82 Å². The quantitative estimate of drug-likeness (QED) is 0.667. The average molecular weight is 262 g/mol. The minimum absolute atomic E-state index is 0.0734. The number of benzene rings is 1. The normalized spacial score (nSPS) is 10.2. The van der Waals surface area contributed by atoms with Crippen LogP contribution >= 0.6 is 15.9 Å². The number of nitrogens with two attached hydrogens (primary N) is 1. The van der Waals surface area contributed by atoms with E-state index in [-0.39, 0.29) is 5.69 Å². The fourth-order valence-corrected chi connectivity index (χ4v) is 1.42. The highest BCUT2D eigenvalue weighted by Crippen LogP contribution is 2.29. The summed E-state index contributed by atoms with van der Waals surface area (Å²) >= 11 is 3.18. The molecule has 0 aliphatic rings. The van der Waals surface area contributed by atoms with Gasteiger partial charge in [0, 0.05) is 4.47 Å². The SMILES string of the molecule is CCCCOc1cc(Br)cc(F)c1N. The highest BCUT2D eigenvalue weighted by Gasteiger charge is 2.07. The topological polar surface area (TPSA) is 35.2 Å². The second-order valence-electron chi connectivity index (χ2n) is 3.00. The van der Waals surface area contributed by atoms with Gasteiger partial charge in [-0.05, 0) is 18.6 Å². The van der Waals surface area contributed by atoms with Crippen molar-refractivity contribution in [3.05, 3.63) is 22.4 Å². The molecule has 0 aromatic heterocycles. The Labute approximate surface area is 91.4 Å². The number of hydrogen-bond acceptors (Lipinski definition) is 2. The molecule has 0 heterocycles. The molecular weight excluding hydrogens is 249 g/mol. The molecule has 0 amide bonds. The van der Waals surface area contributed by atoms with Crippen LogP contribution in [-0.2, 0) is 0 Å². The molecule has 2 N–H and O–H groups in total. The number of unbranched alkanes of at least 4 members (excludes halogenated alkanes) is 1. The third-order valence-corrected chi connectivity index (χ3v) is 2.27. The molecule has 1 aromatic rings. The van der Waals surface area contributed by atoms with E-state index in [2.05, 4.69) is 22.9 Å². The van der Waals surface area contributed by atoms with Gasteiger partial charge in [0.2, 0.25) is 0 Å². The van der Waals surface area contributed by atoms with Gasteiger partial charge in [-0.1, -0.05) is 29.3 Å². The molecule has 0 saturated carbocycles. The van der Waals surface area contributed by atoms with Crippen molar-refractivity contribution < 1.29 is 9.13 Å². The summed E-state index contributed by atoms with van der Waals surface area (Å²) in [6.07, 6.45) is 1.98. The lowest BCUT2D eigenvalue weighted by atomic mass is 10.3. The Bertz CT molecular complexity index is 317. The summed E-state index contributed by atoms with van der Waals surface area (Å²) < 4.78 is 19.1. The van der Waals surface area contributed by atoms with E-state index in [4.69, 9.17) is 10.5 Å². The molecule has 0 bridgehead atoms. The Kier molecular flexibility index (Phi) is 4.20. The first-order valence-corrected chi connectivity index (χ1v) is 5.31. The fraction of sp³-hybridized carbons (Fsp3) is 0.400. The lowest BCUT2D eigenvalue weighted by Gasteiger charge is -2.09. The van der Waals surface area contributed by atoms with Gasteiger partial charge in [-0.3, -0.25) is 0 Å². The Morgan fingerprint density at radius 3 is 2.86 bits per heavy atom. The van der Waals surface area contributed by atoms with Gasteiger partial charge in [-0.15, -0.1) is 0 Å². The van der Waals surface area contributed by atoms with Gasteiger partial charge in [0.25, 0.3) is 0 Å². The predicted octanol–water partition coefficient (Wildman–Crippen LogP) is 3.35. The van der Waals surface area contributed by atoms with Crippen LogP contribution in [0.25, 0.3) is 0 Å². The third kappa shape index (κ3) is 2.87. The zero-order valence-corrected chi connectivity index (χ0v) is 9.60. The number of nitrogen functional groups attached to an aromatic ring is 1. The van der Waals surface area contributed by atoms with E-state index in [1.54, 1.807) is 6.07 Å². The monoisotopic (exact) mass is 261 g/mol. The number of rotatable bonds is 4. The first-order valence-electron chi connectivity index (χ1n) is 4.52. The van der Waals surface area contributed by atoms with E-state index in [1.165, 1.54) is 6.07 Å². The van der Waals surface area contributed by atoms with Crippen molar-refractivity contribution in [2.45, 2.75) is 19.8 Å². The van der Waals surface area contributed by atoms with Crippen LogP contribution in [0.4, 0.5) is 10.1 Å². The van der Waals surface area contributed by atoms with E-state index >= 15 is 0 Å². The minimum Gasteiger partial charge on any atom is -0.491 e. The maximum Gasteiger partial charge on any atom is 0.151 e. The van der Waals surface area contributed by atoms with E-state index in [0.29, 0.717) is 16.8 Å². The molecule has 0 aliphatic heterocycles. The van der Waals surface area contributed by atoms with Gasteiger partial charge >= 0.3 is 0 Å². The van der Waals surface area contributed by atoms with Crippen LogP contribution in [0, 0.1) is 5.82 Å². The molecular formula is C10H13BrFNO.